The molecule has 156 valence electrons. The van der Waals surface area contributed by atoms with Crippen molar-refractivity contribution in [2.45, 2.75) is 51.6 Å². The number of rotatable bonds is 6. The van der Waals surface area contributed by atoms with Crippen LogP contribution in [0, 0.1) is 0 Å². The summed E-state index contributed by atoms with van der Waals surface area (Å²) in [6.45, 7) is 9.29. The first-order valence-corrected chi connectivity index (χ1v) is 10.8. The van der Waals surface area contributed by atoms with Crippen LogP contribution < -0.4 is 16.0 Å². The molecule has 0 N–H and O–H groups in total. The van der Waals surface area contributed by atoms with Crippen LogP contribution in [0.15, 0.2) is 44.9 Å². The highest BCUT2D eigenvalue weighted by Gasteiger charge is 2.24. The first kappa shape index (κ1) is 20.8. The van der Waals surface area contributed by atoms with Gasteiger partial charge in [0.1, 0.15) is 11.1 Å². The summed E-state index contributed by atoms with van der Waals surface area (Å²) in [4.78, 5) is 25.7. The summed E-state index contributed by atoms with van der Waals surface area (Å²) in [7, 11) is -4.05. The molecule has 0 aliphatic carbocycles. The number of fused-ring (bicyclic) bond motifs is 1. The van der Waals surface area contributed by atoms with Gasteiger partial charge in [-0.15, -0.1) is 5.10 Å². The van der Waals surface area contributed by atoms with Crippen molar-refractivity contribution >= 4 is 21.1 Å². The molecule has 0 bridgehead atoms. The lowest BCUT2D eigenvalue weighted by Gasteiger charge is -2.15. The van der Waals surface area contributed by atoms with Gasteiger partial charge in [-0.05, 0) is 58.9 Å². The molecular formula is C19H24N4O5S. The van der Waals surface area contributed by atoms with Crippen LogP contribution in [0.4, 0.5) is 0 Å². The fraction of sp³-hybridized carbons (Fsp3) is 0.421. The van der Waals surface area contributed by atoms with Crippen molar-refractivity contribution in [1.82, 2.24) is 18.3 Å². The smallest absolute Gasteiger partial charge is 0.333 e. The van der Waals surface area contributed by atoms with Gasteiger partial charge in [0.2, 0.25) is 0 Å². The zero-order valence-corrected chi connectivity index (χ0v) is 17.8. The fourth-order valence-corrected chi connectivity index (χ4v) is 4.25. The molecule has 29 heavy (non-hydrogen) atoms. The molecule has 0 aliphatic heterocycles. The molecule has 9 nitrogen and oxygen atoms in total. The SMILES string of the molecule is CCOc1ccc(S(=O)(=O)n2cc3c(=O)n(C(C)C)c(=O)n(C(C)C)c3n2)cc1. The lowest BCUT2D eigenvalue weighted by Crippen LogP contribution is -2.41. The third-order valence-corrected chi connectivity index (χ3v) is 6.02. The number of nitrogens with zero attached hydrogens (tertiary/aromatic N) is 4. The second-order valence-corrected chi connectivity index (χ2v) is 8.96. The first-order valence-electron chi connectivity index (χ1n) is 9.34. The number of hydrogen-bond donors (Lipinski definition) is 0. The Balaban J connectivity index is 2.26. The van der Waals surface area contributed by atoms with Gasteiger partial charge in [-0.2, -0.15) is 12.5 Å². The summed E-state index contributed by atoms with van der Waals surface area (Å²) >= 11 is 0. The Kier molecular flexibility index (Phi) is 5.40. The lowest BCUT2D eigenvalue weighted by molar-refractivity contribution is 0.340. The van der Waals surface area contributed by atoms with Crippen LogP contribution in [0.2, 0.25) is 0 Å². The van der Waals surface area contributed by atoms with Gasteiger partial charge in [0, 0.05) is 12.1 Å². The quantitative estimate of drug-likeness (QED) is 0.605. The average molecular weight is 420 g/mol. The predicted molar refractivity (Wildman–Crippen MR) is 109 cm³/mol. The van der Waals surface area contributed by atoms with E-state index in [0.717, 1.165) is 8.65 Å². The molecule has 2 aromatic heterocycles. The molecule has 0 amide bonds. The number of benzene rings is 1. The van der Waals surface area contributed by atoms with Gasteiger partial charge in [0.05, 0.1) is 17.7 Å². The zero-order valence-electron chi connectivity index (χ0n) is 17.0. The maximum absolute atomic E-state index is 13.0. The van der Waals surface area contributed by atoms with Gasteiger partial charge in [-0.3, -0.25) is 13.9 Å². The lowest BCUT2D eigenvalue weighted by atomic mass is 10.3. The zero-order chi connectivity index (χ0) is 21.5. The Hall–Kier alpha value is -2.88. The van der Waals surface area contributed by atoms with Gasteiger partial charge in [0.15, 0.2) is 5.65 Å². The van der Waals surface area contributed by atoms with E-state index in [0.29, 0.717) is 12.4 Å². The Labute approximate surface area is 168 Å². The van der Waals surface area contributed by atoms with Crippen LogP contribution in [-0.2, 0) is 10.0 Å². The second-order valence-electron chi connectivity index (χ2n) is 7.16. The Morgan fingerprint density at radius 1 is 1.00 bits per heavy atom. The van der Waals surface area contributed by atoms with E-state index in [4.69, 9.17) is 4.74 Å². The van der Waals surface area contributed by atoms with E-state index in [9.17, 15) is 18.0 Å². The monoisotopic (exact) mass is 420 g/mol. The van der Waals surface area contributed by atoms with Crippen LogP contribution in [0.3, 0.4) is 0 Å². The summed E-state index contributed by atoms with van der Waals surface area (Å²) in [5, 5.41) is 4.18. The Morgan fingerprint density at radius 3 is 2.10 bits per heavy atom. The summed E-state index contributed by atoms with van der Waals surface area (Å²) in [5.74, 6) is 0.547. The third-order valence-electron chi connectivity index (χ3n) is 4.47. The minimum absolute atomic E-state index is 0.00334. The van der Waals surface area contributed by atoms with Crippen LogP contribution in [0.5, 0.6) is 5.75 Å². The summed E-state index contributed by atoms with van der Waals surface area (Å²) in [5.41, 5.74) is -1.04. The molecule has 10 heteroatoms. The van der Waals surface area contributed by atoms with E-state index < -0.39 is 21.3 Å². The highest BCUT2D eigenvalue weighted by molar-refractivity contribution is 7.89. The van der Waals surface area contributed by atoms with Gasteiger partial charge in [0.25, 0.3) is 15.6 Å². The predicted octanol–water partition coefficient (Wildman–Crippen LogP) is 2.16. The number of aromatic nitrogens is 4. The van der Waals surface area contributed by atoms with E-state index in [1.165, 1.54) is 22.9 Å². The number of ether oxygens (including phenoxy) is 1. The molecule has 0 saturated heterocycles. The van der Waals surface area contributed by atoms with Gasteiger partial charge in [-0.1, -0.05) is 0 Å². The second kappa shape index (κ2) is 7.51. The van der Waals surface area contributed by atoms with E-state index >= 15 is 0 Å². The molecule has 0 unspecified atom stereocenters. The van der Waals surface area contributed by atoms with Gasteiger partial charge in [-0.25, -0.2) is 4.79 Å². The summed E-state index contributed by atoms with van der Waals surface area (Å²) < 4.78 is 34.6. The fourth-order valence-electron chi connectivity index (χ4n) is 3.12. The highest BCUT2D eigenvalue weighted by atomic mass is 32.2. The van der Waals surface area contributed by atoms with Crippen molar-refractivity contribution in [3.05, 3.63) is 51.3 Å². The van der Waals surface area contributed by atoms with Crippen LogP contribution in [-0.4, -0.2) is 33.3 Å². The van der Waals surface area contributed by atoms with E-state index in [-0.39, 0.29) is 28.0 Å². The van der Waals surface area contributed by atoms with Crippen molar-refractivity contribution < 1.29 is 13.2 Å². The largest absolute Gasteiger partial charge is 0.494 e. The maximum Gasteiger partial charge on any atom is 0.333 e. The summed E-state index contributed by atoms with van der Waals surface area (Å²) in [6.07, 6.45) is 1.17. The molecule has 3 rings (SSSR count). The van der Waals surface area contributed by atoms with Crippen molar-refractivity contribution in [1.29, 1.82) is 0 Å². The summed E-state index contributed by atoms with van der Waals surface area (Å²) in [6, 6.07) is 5.23. The Morgan fingerprint density at radius 2 is 1.59 bits per heavy atom. The molecule has 0 aliphatic rings. The van der Waals surface area contributed by atoms with Crippen molar-refractivity contribution in [2.75, 3.05) is 6.61 Å². The molecule has 1 aromatic carbocycles. The molecule has 0 spiro atoms. The third kappa shape index (κ3) is 3.48. The molecule has 2 heterocycles. The number of hydrogen-bond acceptors (Lipinski definition) is 6. The van der Waals surface area contributed by atoms with Crippen molar-refractivity contribution in [3.8, 4) is 5.75 Å². The van der Waals surface area contributed by atoms with Gasteiger partial charge < -0.3 is 4.74 Å². The topological polar surface area (TPSA) is 105 Å². The maximum atomic E-state index is 13.0. The molecule has 3 aromatic rings. The molecular weight excluding hydrogens is 396 g/mol. The minimum atomic E-state index is -4.05. The van der Waals surface area contributed by atoms with Crippen molar-refractivity contribution in [3.63, 3.8) is 0 Å². The molecule has 0 radical (unpaired) electrons. The Bertz CT molecular complexity index is 1260. The van der Waals surface area contributed by atoms with Crippen LogP contribution >= 0.6 is 0 Å². The van der Waals surface area contributed by atoms with Crippen LogP contribution in [0.1, 0.15) is 46.7 Å². The highest BCUT2D eigenvalue weighted by Crippen LogP contribution is 2.20. The standard InChI is InChI=1S/C19H24N4O5S/c1-6-28-14-7-9-15(10-8-14)29(26,27)21-11-16-17(20-21)22(12(2)3)19(25)23(13(4)5)18(16)24/h7-13H,6H2,1-5H3. The van der Waals surface area contributed by atoms with Gasteiger partial charge >= 0.3 is 5.69 Å². The van der Waals surface area contributed by atoms with E-state index in [2.05, 4.69) is 5.10 Å². The van der Waals surface area contributed by atoms with E-state index in [1.54, 1.807) is 39.8 Å². The van der Waals surface area contributed by atoms with E-state index in [1.807, 2.05) is 6.92 Å². The van der Waals surface area contributed by atoms with Crippen LogP contribution in [0.25, 0.3) is 11.0 Å². The minimum Gasteiger partial charge on any atom is -0.494 e. The molecule has 0 saturated carbocycles. The normalized spacial score (nSPS) is 12.2. The molecule has 0 atom stereocenters. The average Bonchev–Trinajstić information content (AvgIpc) is 3.08. The molecule has 0 fully saturated rings. The first-order chi connectivity index (χ1) is 13.6. The van der Waals surface area contributed by atoms with Crippen molar-refractivity contribution in [2.24, 2.45) is 0 Å².